The van der Waals surface area contributed by atoms with Crippen molar-refractivity contribution in [2.75, 3.05) is 6.54 Å². The Morgan fingerprint density at radius 1 is 0.750 bits per heavy atom. The van der Waals surface area contributed by atoms with Crippen molar-refractivity contribution in [2.24, 2.45) is 5.92 Å². The fraction of sp³-hybridized carbons (Fsp3) is 0.179. The van der Waals surface area contributed by atoms with E-state index in [1.165, 1.54) is 0 Å². The summed E-state index contributed by atoms with van der Waals surface area (Å²) in [4.78, 5) is 2.29. The summed E-state index contributed by atoms with van der Waals surface area (Å²) < 4.78 is 0. The summed E-state index contributed by atoms with van der Waals surface area (Å²) in [5, 5.41) is 28.8. The predicted molar refractivity (Wildman–Crippen MR) is 123 cm³/mol. The monoisotopic (exact) mass is 414 g/mol. The van der Waals surface area contributed by atoms with E-state index in [0.717, 1.165) is 16.7 Å². The molecule has 4 rings (SSSR count). The van der Waals surface area contributed by atoms with Crippen LogP contribution in [0.2, 0.25) is 0 Å². The molecule has 4 heteroatoms. The van der Waals surface area contributed by atoms with E-state index in [4.69, 9.17) is 0 Å². The first kappa shape index (κ1) is 21.1. The van der Waals surface area contributed by atoms with Crippen LogP contribution >= 0.6 is 0 Å². The van der Waals surface area contributed by atoms with Gasteiger partial charge in [-0.2, -0.15) is 15.8 Å². The first-order valence-corrected chi connectivity index (χ1v) is 10.6. The second kappa shape index (κ2) is 9.32. The van der Waals surface area contributed by atoms with Gasteiger partial charge < -0.3 is 0 Å². The van der Waals surface area contributed by atoms with Crippen LogP contribution in [0.4, 0.5) is 0 Å². The molecule has 1 fully saturated rings. The molecule has 32 heavy (non-hydrogen) atoms. The number of benzene rings is 3. The minimum Gasteiger partial charge on any atom is -0.278 e. The molecule has 1 aliphatic heterocycles. The van der Waals surface area contributed by atoms with Gasteiger partial charge >= 0.3 is 0 Å². The molecule has 4 nitrogen and oxygen atoms in total. The van der Waals surface area contributed by atoms with Crippen LogP contribution < -0.4 is 0 Å². The molecule has 0 amide bonds. The Balaban J connectivity index is 2.06. The maximum atomic E-state index is 9.92. The zero-order valence-corrected chi connectivity index (χ0v) is 17.6. The second-order valence-electron chi connectivity index (χ2n) is 7.82. The van der Waals surface area contributed by atoms with Gasteiger partial charge in [-0.05, 0) is 29.2 Å². The number of allylic oxidation sites excluding steroid dienone is 1. The van der Waals surface area contributed by atoms with Gasteiger partial charge in [0.15, 0.2) is 0 Å². The third-order valence-electron chi connectivity index (χ3n) is 6.20. The molecule has 1 saturated heterocycles. The SMILES string of the molecule is N#CC(C#N)=C[C@H]1[C@@H](C#N)CCN1C(c1ccccc1)(c1ccccc1)c1ccccc1. The summed E-state index contributed by atoms with van der Waals surface area (Å²) in [5.74, 6) is -0.317. The number of likely N-dealkylation sites (tertiary alicyclic amines) is 1. The number of nitrogens with zero attached hydrogens (tertiary/aromatic N) is 4. The van der Waals surface area contributed by atoms with Crippen molar-refractivity contribution < 1.29 is 0 Å². The summed E-state index contributed by atoms with van der Waals surface area (Å²) in [6, 6.07) is 36.8. The van der Waals surface area contributed by atoms with Crippen LogP contribution in [0.1, 0.15) is 23.1 Å². The van der Waals surface area contributed by atoms with Gasteiger partial charge in [0, 0.05) is 12.6 Å². The molecule has 0 bridgehead atoms. The van der Waals surface area contributed by atoms with Crippen molar-refractivity contribution in [3.05, 3.63) is 119 Å². The van der Waals surface area contributed by atoms with Crippen molar-refractivity contribution >= 4 is 0 Å². The zero-order valence-electron chi connectivity index (χ0n) is 17.6. The van der Waals surface area contributed by atoms with Gasteiger partial charge in [-0.3, -0.25) is 4.90 Å². The molecule has 0 aliphatic carbocycles. The smallest absolute Gasteiger partial charge is 0.127 e. The highest BCUT2D eigenvalue weighted by atomic mass is 15.3. The van der Waals surface area contributed by atoms with Crippen molar-refractivity contribution in [3.8, 4) is 18.2 Å². The van der Waals surface area contributed by atoms with E-state index in [0.29, 0.717) is 13.0 Å². The highest BCUT2D eigenvalue weighted by Crippen LogP contribution is 2.47. The van der Waals surface area contributed by atoms with Gasteiger partial charge in [0.25, 0.3) is 0 Å². The van der Waals surface area contributed by atoms with E-state index in [9.17, 15) is 15.8 Å². The maximum Gasteiger partial charge on any atom is 0.127 e. The van der Waals surface area contributed by atoms with Gasteiger partial charge in [-0.15, -0.1) is 0 Å². The molecule has 1 aliphatic rings. The van der Waals surface area contributed by atoms with Crippen molar-refractivity contribution in [1.29, 1.82) is 15.8 Å². The zero-order chi connectivity index (χ0) is 22.4. The lowest BCUT2D eigenvalue weighted by atomic mass is 9.75. The standard InChI is InChI=1S/C28H22N4/c29-19-22(20-30)18-27-23(21-31)16-17-32(27)28(24-10-4-1-5-11-24,25-12-6-2-7-13-25)26-14-8-3-9-15-26/h1-15,18,23,27H,16-17H2/t23-,27+/m1/s1. The Kier molecular flexibility index (Phi) is 6.14. The Morgan fingerprint density at radius 3 is 1.56 bits per heavy atom. The van der Waals surface area contributed by atoms with Crippen LogP contribution in [-0.4, -0.2) is 17.5 Å². The summed E-state index contributed by atoms with van der Waals surface area (Å²) in [7, 11) is 0. The Labute approximate surface area is 188 Å². The summed E-state index contributed by atoms with van der Waals surface area (Å²) in [5.41, 5.74) is 2.57. The van der Waals surface area contributed by atoms with Crippen LogP contribution in [0.15, 0.2) is 103 Å². The van der Waals surface area contributed by atoms with E-state index in [-0.39, 0.29) is 17.5 Å². The van der Waals surface area contributed by atoms with E-state index < -0.39 is 5.54 Å². The topological polar surface area (TPSA) is 74.6 Å². The lowest BCUT2D eigenvalue weighted by molar-refractivity contribution is 0.157. The Hall–Kier alpha value is -4.17. The first-order chi connectivity index (χ1) is 15.7. The molecule has 3 aromatic rings. The highest BCUT2D eigenvalue weighted by Gasteiger charge is 2.49. The van der Waals surface area contributed by atoms with Crippen molar-refractivity contribution in [3.63, 3.8) is 0 Å². The van der Waals surface area contributed by atoms with Crippen molar-refractivity contribution in [2.45, 2.75) is 18.0 Å². The molecule has 0 spiro atoms. The number of hydrogen-bond acceptors (Lipinski definition) is 4. The third kappa shape index (κ3) is 3.57. The van der Waals surface area contributed by atoms with Crippen LogP contribution in [0, 0.1) is 39.9 Å². The van der Waals surface area contributed by atoms with Gasteiger partial charge in [-0.1, -0.05) is 91.0 Å². The average molecular weight is 415 g/mol. The number of nitriles is 3. The largest absolute Gasteiger partial charge is 0.278 e. The van der Waals surface area contributed by atoms with Gasteiger partial charge in [0.2, 0.25) is 0 Å². The fourth-order valence-electron chi connectivity index (χ4n) is 4.86. The molecule has 0 aromatic heterocycles. The van der Waals surface area contributed by atoms with Gasteiger partial charge in [0.1, 0.15) is 17.7 Å². The van der Waals surface area contributed by atoms with Crippen LogP contribution in [-0.2, 0) is 5.54 Å². The molecule has 0 unspecified atom stereocenters. The van der Waals surface area contributed by atoms with Crippen LogP contribution in [0.3, 0.4) is 0 Å². The molecule has 0 saturated carbocycles. The van der Waals surface area contributed by atoms with Gasteiger partial charge in [0.05, 0.1) is 17.5 Å². The minimum absolute atomic E-state index is 0.0326. The summed E-state index contributed by atoms with van der Waals surface area (Å²) >= 11 is 0. The van der Waals surface area contributed by atoms with Crippen molar-refractivity contribution in [1.82, 2.24) is 4.90 Å². The Morgan fingerprint density at radius 2 is 1.19 bits per heavy atom. The summed E-state index contributed by atoms with van der Waals surface area (Å²) in [6.45, 7) is 0.655. The lowest BCUT2D eigenvalue weighted by Crippen LogP contribution is -2.51. The summed E-state index contributed by atoms with van der Waals surface area (Å²) in [6.07, 6.45) is 2.33. The minimum atomic E-state index is -0.688. The lowest BCUT2D eigenvalue weighted by Gasteiger charge is -2.46. The van der Waals surface area contributed by atoms with Crippen LogP contribution in [0.5, 0.6) is 0 Å². The number of hydrogen-bond donors (Lipinski definition) is 0. The molecule has 154 valence electrons. The predicted octanol–water partition coefficient (Wildman–Crippen LogP) is 5.17. The molecule has 2 atom stereocenters. The fourth-order valence-corrected chi connectivity index (χ4v) is 4.86. The maximum absolute atomic E-state index is 9.92. The molecular weight excluding hydrogens is 392 g/mol. The van der Waals surface area contributed by atoms with Gasteiger partial charge in [-0.25, -0.2) is 0 Å². The molecular formula is C28H22N4. The quantitative estimate of drug-likeness (QED) is 0.427. The normalized spacial score (nSPS) is 18.2. The number of rotatable bonds is 5. The molecule has 0 N–H and O–H groups in total. The van der Waals surface area contributed by atoms with E-state index in [2.05, 4.69) is 47.4 Å². The third-order valence-corrected chi connectivity index (χ3v) is 6.20. The second-order valence-corrected chi connectivity index (χ2v) is 7.82. The van der Waals surface area contributed by atoms with E-state index >= 15 is 0 Å². The van der Waals surface area contributed by atoms with E-state index in [1.807, 2.05) is 66.7 Å². The van der Waals surface area contributed by atoms with Crippen LogP contribution in [0.25, 0.3) is 0 Å². The molecule has 0 radical (unpaired) electrons. The first-order valence-electron chi connectivity index (χ1n) is 10.6. The molecule has 3 aromatic carbocycles. The molecule has 1 heterocycles. The average Bonchev–Trinajstić information content (AvgIpc) is 3.27. The van der Waals surface area contributed by atoms with E-state index in [1.54, 1.807) is 6.08 Å². The highest BCUT2D eigenvalue weighted by molar-refractivity contribution is 5.51. The Bertz CT molecular complexity index is 1100.